The van der Waals surface area contributed by atoms with Crippen LogP contribution in [0.25, 0.3) is 0 Å². The van der Waals surface area contributed by atoms with E-state index in [2.05, 4.69) is 46.1 Å². The fourth-order valence-corrected chi connectivity index (χ4v) is 4.01. The Balaban J connectivity index is 1.46. The quantitative estimate of drug-likeness (QED) is 0.772. The van der Waals surface area contributed by atoms with E-state index in [1.165, 1.54) is 11.3 Å². The molecule has 0 radical (unpaired) electrons. The van der Waals surface area contributed by atoms with Crippen LogP contribution in [0.5, 0.6) is 0 Å². The lowest BCUT2D eigenvalue weighted by Gasteiger charge is -2.29. The summed E-state index contributed by atoms with van der Waals surface area (Å²) in [7, 11) is 0. The smallest absolute Gasteiger partial charge is 0.244 e. The molecule has 1 fully saturated rings. The lowest BCUT2D eigenvalue weighted by atomic mass is 9.89. The first-order chi connectivity index (χ1) is 12.1. The Hall–Kier alpha value is -1.59. The molecular weight excluding hydrogens is 333 g/mol. The number of pyridine rings is 1. The first-order valence-electron chi connectivity index (χ1n) is 9.08. The standard InChI is InChI=1S/C20H26FN3S/c1-3-19-5-4-6-20(22-19)23-25-24-11-9-16(10-12-24)13-17-14-18(21)8-7-15(17)2/h4-8,14,16H,3,9-13H2,1-2H3,(H,22,23)/p+1. The van der Waals surface area contributed by atoms with Crippen molar-refractivity contribution in [3.8, 4) is 0 Å². The summed E-state index contributed by atoms with van der Waals surface area (Å²) in [5.74, 6) is 1.57. The zero-order valence-corrected chi connectivity index (χ0v) is 15.8. The number of benzene rings is 1. The Kier molecular flexibility index (Phi) is 6.32. The highest BCUT2D eigenvalue weighted by Gasteiger charge is 2.22. The zero-order valence-electron chi connectivity index (χ0n) is 15.0. The monoisotopic (exact) mass is 360 g/mol. The van der Waals surface area contributed by atoms with E-state index in [0.29, 0.717) is 5.92 Å². The third-order valence-corrected chi connectivity index (χ3v) is 5.85. The Morgan fingerprint density at radius 3 is 2.80 bits per heavy atom. The summed E-state index contributed by atoms with van der Waals surface area (Å²) in [6, 6.07) is 11.4. The first-order valence-corrected chi connectivity index (χ1v) is 9.85. The Morgan fingerprint density at radius 2 is 2.04 bits per heavy atom. The van der Waals surface area contributed by atoms with Gasteiger partial charge in [-0.15, -0.1) is 0 Å². The van der Waals surface area contributed by atoms with Crippen LogP contribution in [0.1, 0.15) is 36.6 Å². The molecule has 0 amide bonds. The summed E-state index contributed by atoms with van der Waals surface area (Å²) in [6.45, 7) is 6.34. The van der Waals surface area contributed by atoms with Crippen LogP contribution in [0.2, 0.25) is 0 Å². The van der Waals surface area contributed by atoms with Crippen molar-refractivity contribution >= 4 is 18.0 Å². The fraction of sp³-hybridized carbons (Fsp3) is 0.450. The molecule has 1 saturated heterocycles. The molecule has 2 N–H and O–H groups in total. The molecule has 1 aliphatic heterocycles. The lowest BCUT2D eigenvalue weighted by molar-refractivity contribution is -0.372. The molecule has 134 valence electrons. The van der Waals surface area contributed by atoms with Gasteiger partial charge >= 0.3 is 0 Å². The minimum atomic E-state index is -0.122. The van der Waals surface area contributed by atoms with Crippen molar-refractivity contribution in [3.63, 3.8) is 0 Å². The number of hydrogen-bond donors (Lipinski definition) is 1. The van der Waals surface area contributed by atoms with Crippen LogP contribution in [-0.4, -0.2) is 17.4 Å². The van der Waals surface area contributed by atoms with Gasteiger partial charge < -0.3 is 0 Å². The van der Waals surface area contributed by atoms with E-state index in [0.717, 1.165) is 50.2 Å². The molecule has 0 unspecified atom stereocenters. The molecule has 5 heteroatoms. The van der Waals surface area contributed by atoms with Crippen LogP contribution in [-0.2, 0) is 12.8 Å². The van der Waals surface area contributed by atoms with Crippen molar-refractivity contribution in [2.75, 3.05) is 17.8 Å². The average Bonchev–Trinajstić information content (AvgIpc) is 2.64. The molecule has 0 saturated carbocycles. The van der Waals surface area contributed by atoms with Crippen LogP contribution < -0.4 is 9.71 Å². The number of aromatic nitrogens is 1. The van der Waals surface area contributed by atoms with Gasteiger partial charge in [-0.1, -0.05) is 19.1 Å². The second-order valence-electron chi connectivity index (χ2n) is 6.78. The fourth-order valence-electron chi connectivity index (χ4n) is 3.27. The number of H-pyrrole nitrogens is 1. The number of hydrogen-bond acceptors (Lipinski definition) is 3. The van der Waals surface area contributed by atoms with E-state index in [1.54, 1.807) is 24.3 Å². The van der Waals surface area contributed by atoms with E-state index in [1.807, 2.05) is 6.07 Å². The summed E-state index contributed by atoms with van der Waals surface area (Å²) in [5.41, 5.74) is 3.59. The van der Waals surface area contributed by atoms with E-state index >= 15 is 0 Å². The summed E-state index contributed by atoms with van der Waals surface area (Å²) >= 11 is 1.68. The van der Waals surface area contributed by atoms with Crippen LogP contribution >= 0.6 is 12.1 Å². The van der Waals surface area contributed by atoms with E-state index in [4.69, 9.17) is 0 Å². The van der Waals surface area contributed by atoms with Crippen molar-refractivity contribution in [3.05, 3.63) is 59.0 Å². The SMILES string of the molecule is CCc1cccc(NSN2CCC(Cc3cc(F)ccc3C)CC2)[nH+]1. The highest BCUT2D eigenvalue weighted by molar-refractivity contribution is 7.98. The molecule has 0 bridgehead atoms. The Labute approximate surface area is 154 Å². The first kappa shape index (κ1) is 18.2. The largest absolute Gasteiger partial charge is 0.284 e. The van der Waals surface area contributed by atoms with Crippen molar-refractivity contribution < 1.29 is 9.37 Å². The molecule has 0 aliphatic carbocycles. The Morgan fingerprint density at radius 1 is 1.24 bits per heavy atom. The normalized spacial score (nSPS) is 16.1. The van der Waals surface area contributed by atoms with Crippen molar-refractivity contribution in [2.24, 2.45) is 5.92 Å². The van der Waals surface area contributed by atoms with Crippen molar-refractivity contribution in [2.45, 2.75) is 39.5 Å². The second-order valence-corrected chi connectivity index (χ2v) is 7.69. The van der Waals surface area contributed by atoms with Gasteiger partial charge in [-0.3, -0.25) is 0 Å². The van der Waals surface area contributed by atoms with Gasteiger partial charge in [-0.2, -0.15) is 4.72 Å². The number of aromatic amines is 1. The van der Waals surface area contributed by atoms with E-state index < -0.39 is 0 Å². The highest BCUT2D eigenvalue weighted by Crippen LogP contribution is 2.27. The second kappa shape index (κ2) is 8.68. The highest BCUT2D eigenvalue weighted by atomic mass is 32.2. The predicted octanol–water partition coefficient (Wildman–Crippen LogP) is 4.44. The number of nitrogens with one attached hydrogen (secondary N) is 2. The molecule has 1 aliphatic rings. The molecule has 2 heterocycles. The van der Waals surface area contributed by atoms with E-state index in [9.17, 15) is 4.39 Å². The molecule has 1 aromatic carbocycles. The zero-order chi connectivity index (χ0) is 17.6. The third-order valence-electron chi connectivity index (χ3n) is 4.91. The van der Waals surface area contributed by atoms with Crippen molar-refractivity contribution in [1.82, 2.24) is 4.31 Å². The molecular formula is C20H27FN3S+. The number of piperidine rings is 1. The van der Waals surface area contributed by atoms with Crippen LogP contribution in [0.3, 0.4) is 0 Å². The maximum atomic E-state index is 13.5. The number of anilines is 1. The van der Waals surface area contributed by atoms with Gasteiger partial charge in [0, 0.05) is 25.6 Å². The molecule has 1 aromatic heterocycles. The summed E-state index contributed by atoms with van der Waals surface area (Å²) in [4.78, 5) is 3.39. The van der Waals surface area contributed by atoms with Gasteiger partial charge in [0.1, 0.15) is 23.6 Å². The molecule has 0 spiro atoms. The number of rotatable bonds is 6. The van der Waals surface area contributed by atoms with Crippen LogP contribution in [0, 0.1) is 18.7 Å². The van der Waals surface area contributed by atoms with Gasteiger partial charge in [0.15, 0.2) is 0 Å². The maximum absolute atomic E-state index is 13.5. The molecule has 2 aromatic rings. The van der Waals surface area contributed by atoms with Crippen molar-refractivity contribution in [1.29, 1.82) is 0 Å². The number of halogens is 1. The van der Waals surface area contributed by atoms with Gasteiger partial charge in [0.05, 0.1) is 0 Å². The minimum Gasteiger partial charge on any atom is -0.244 e. The number of aryl methyl sites for hydroxylation is 2. The topological polar surface area (TPSA) is 29.4 Å². The average molecular weight is 361 g/mol. The summed E-state index contributed by atoms with van der Waals surface area (Å²) < 4.78 is 19.2. The predicted molar refractivity (Wildman–Crippen MR) is 103 cm³/mol. The lowest BCUT2D eigenvalue weighted by Crippen LogP contribution is -2.31. The van der Waals surface area contributed by atoms with Gasteiger partial charge in [0.25, 0.3) is 5.82 Å². The van der Waals surface area contributed by atoms with E-state index in [-0.39, 0.29) is 5.82 Å². The van der Waals surface area contributed by atoms with Gasteiger partial charge in [0.2, 0.25) is 0 Å². The molecule has 0 atom stereocenters. The van der Waals surface area contributed by atoms with Crippen LogP contribution in [0.15, 0.2) is 36.4 Å². The third kappa shape index (κ3) is 5.19. The Bertz CT molecular complexity index is 699. The molecule has 3 nitrogen and oxygen atoms in total. The summed E-state index contributed by atoms with van der Waals surface area (Å²) in [6.07, 6.45) is 4.31. The van der Waals surface area contributed by atoms with Gasteiger partial charge in [-0.05, 0) is 61.4 Å². The summed E-state index contributed by atoms with van der Waals surface area (Å²) in [5, 5.41) is 0. The molecule has 25 heavy (non-hydrogen) atoms. The van der Waals surface area contributed by atoms with Gasteiger partial charge in [-0.25, -0.2) is 13.7 Å². The maximum Gasteiger partial charge on any atom is 0.284 e. The molecule has 3 rings (SSSR count). The minimum absolute atomic E-state index is 0.122. The van der Waals surface area contributed by atoms with Crippen LogP contribution in [0.4, 0.5) is 10.2 Å². The number of nitrogens with zero attached hydrogens (tertiary/aromatic N) is 1.